The summed E-state index contributed by atoms with van der Waals surface area (Å²) in [5.41, 5.74) is 0.523. The van der Waals surface area contributed by atoms with Gasteiger partial charge in [0, 0.05) is 18.7 Å². The normalized spacial score (nSPS) is 11.6. The number of hydrogen-bond donors (Lipinski definition) is 0. The van der Waals surface area contributed by atoms with Crippen molar-refractivity contribution >= 4 is 21.8 Å². The Morgan fingerprint density at radius 2 is 2.04 bits per heavy atom. The molecule has 23 heavy (non-hydrogen) atoms. The summed E-state index contributed by atoms with van der Waals surface area (Å²) in [5.74, 6) is 0.430. The summed E-state index contributed by atoms with van der Waals surface area (Å²) in [4.78, 5) is 0.183. The minimum Gasteiger partial charge on any atom is -0.411 e. The molecule has 0 fully saturated rings. The highest BCUT2D eigenvalue weighted by Gasteiger charge is 2.22. The van der Waals surface area contributed by atoms with Gasteiger partial charge in [-0.1, -0.05) is 31.7 Å². The highest BCUT2D eigenvalue weighted by molar-refractivity contribution is 7.99. The van der Waals surface area contributed by atoms with Crippen LogP contribution in [0.1, 0.15) is 13.8 Å². The van der Waals surface area contributed by atoms with Crippen molar-refractivity contribution in [2.24, 2.45) is 0 Å². The lowest BCUT2D eigenvalue weighted by Crippen LogP contribution is -2.30. The smallest absolute Gasteiger partial charge is 0.277 e. The van der Waals surface area contributed by atoms with E-state index in [1.54, 1.807) is 32.0 Å². The van der Waals surface area contributed by atoms with Crippen LogP contribution in [-0.2, 0) is 10.0 Å². The van der Waals surface area contributed by atoms with Gasteiger partial charge in [-0.2, -0.15) is 9.57 Å². The molecule has 1 aromatic carbocycles. The first kappa shape index (κ1) is 17.5. The highest BCUT2D eigenvalue weighted by atomic mass is 32.2. The summed E-state index contributed by atoms with van der Waals surface area (Å²) in [6, 6.07) is 8.36. The fraction of sp³-hybridized carbons (Fsp3) is 0.357. The van der Waals surface area contributed by atoms with E-state index in [2.05, 4.69) is 10.2 Å². The topological polar surface area (TPSA) is 100 Å². The van der Waals surface area contributed by atoms with E-state index in [4.69, 9.17) is 9.68 Å². The molecule has 2 rings (SSSR count). The molecule has 0 aliphatic rings. The molecule has 0 bridgehead atoms. The summed E-state index contributed by atoms with van der Waals surface area (Å²) in [6.45, 7) is 4.39. The van der Waals surface area contributed by atoms with Gasteiger partial charge >= 0.3 is 0 Å². The van der Waals surface area contributed by atoms with E-state index < -0.39 is 10.0 Å². The van der Waals surface area contributed by atoms with E-state index in [9.17, 15) is 8.42 Å². The van der Waals surface area contributed by atoms with Crippen molar-refractivity contribution in [1.29, 1.82) is 5.26 Å². The molecular weight excluding hydrogens is 336 g/mol. The van der Waals surface area contributed by atoms with Gasteiger partial charge in [0.25, 0.3) is 5.22 Å². The monoisotopic (exact) mass is 352 g/mol. The van der Waals surface area contributed by atoms with Gasteiger partial charge in [0.1, 0.15) is 0 Å². The van der Waals surface area contributed by atoms with Gasteiger partial charge in [-0.05, 0) is 18.2 Å². The number of aromatic nitrogens is 2. The average Bonchev–Trinajstić information content (AvgIpc) is 3.03. The van der Waals surface area contributed by atoms with Crippen LogP contribution in [0.4, 0.5) is 0 Å². The Kier molecular flexibility index (Phi) is 5.76. The molecule has 0 amide bonds. The standard InChI is InChI=1S/C14H16N4O3S2/c1-3-18(4-2)23(19,20)12-7-5-6-11(10-12)13-16-17-14(21-13)22-9-8-15/h5-7,10H,3-4,9H2,1-2H3. The minimum absolute atomic E-state index is 0.183. The molecule has 0 spiro atoms. The second-order valence-electron chi connectivity index (χ2n) is 4.44. The number of sulfonamides is 1. The van der Waals surface area contributed by atoms with Crippen molar-refractivity contribution in [1.82, 2.24) is 14.5 Å². The number of nitriles is 1. The van der Waals surface area contributed by atoms with E-state index in [-0.39, 0.29) is 21.8 Å². The molecule has 2 aromatic rings. The number of benzene rings is 1. The van der Waals surface area contributed by atoms with Gasteiger partial charge in [0.05, 0.1) is 16.7 Å². The summed E-state index contributed by atoms with van der Waals surface area (Å²) >= 11 is 1.13. The number of thioether (sulfide) groups is 1. The Balaban J connectivity index is 2.33. The van der Waals surface area contributed by atoms with Gasteiger partial charge in [-0.25, -0.2) is 8.42 Å². The van der Waals surface area contributed by atoms with Gasteiger partial charge in [0.2, 0.25) is 15.9 Å². The molecule has 0 radical (unpaired) electrons. The van der Waals surface area contributed by atoms with Crippen LogP contribution in [0.15, 0.2) is 38.8 Å². The lowest BCUT2D eigenvalue weighted by atomic mass is 10.2. The van der Waals surface area contributed by atoms with Gasteiger partial charge < -0.3 is 4.42 Å². The van der Waals surface area contributed by atoms with Crippen LogP contribution in [0.3, 0.4) is 0 Å². The summed E-state index contributed by atoms with van der Waals surface area (Å²) in [6.07, 6.45) is 0. The quantitative estimate of drug-likeness (QED) is 0.705. The van der Waals surface area contributed by atoms with Crippen molar-refractivity contribution < 1.29 is 12.8 Å². The van der Waals surface area contributed by atoms with Gasteiger partial charge in [0.15, 0.2) is 0 Å². The van der Waals surface area contributed by atoms with Crippen molar-refractivity contribution in [2.45, 2.75) is 24.0 Å². The van der Waals surface area contributed by atoms with Crippen molar-refractivity contribution in [3.05, 3.63) is 24.3 Å². The van der Waals surface area contributed by atoms with Crippen LogP contribution in [0.25, 0.3) is 11.5 Å². The van der Waals surface area contributed by atoms with Crippen molar-refractivity contribution in [3.63, 3.8) is 0 Å². The molecule has 7 nitrogen and oxygen atoms in total. The number of rotatable bonds is 7. The maximum absolute atomic E-state index is 12.5. The molecule has 0 atom stereocenters. The van der Waals surface area contributed by atoms with E-state index in [0.29, 0.717) is 18.7 Å². The fourth-order valence-corrected chi connectivity index (χ4v) is 3.91. The van der Waals surface area contributed by atoms with Crippen LogP contribution in [0, 0.1) is 11.3 Å². The Morgan fingerprint density at radius 1 is 1.30 bits per heavy atom. The molecular formula is C14H16N4O3S2. The summed E-state index contributed by atoms with van der Waals surface area (Å²) in [7, 11) is -3.54. The van der Waals surface area contributed by atoms with Crippen LogP contribution in [0.2, 0.25) is 0 Å². The zero-order valence-corrected chi connectivity index (χ0v) is 14.4. The van der Waals surface area contributed by atoms with Crippen molar-refractivity contribution in [3.8, 4) is 17.5 Å². The molecule has 0 saturated carbocycles. The maximum atomic E-state index is 12.5. The molecule has 0 saturated heterocycles. The molecule has 9 heteroatoms. The zero-order chi connectivity index (χ0) is 16.9. The van der Waals surface area contributed by atoms with Crippen molar-refractivity contribution in [2.75, 3.05) is 18.8 Å². The predicted molar refractivity (Wildman–Crippen MR) is 86.2 cm³/mol. The number of nitrogens with zero attached hydrogens (tertiary/aromatic N) is 4. The predicted octanol–water partition coefficient (Wildman–Crippen LogP) is 2.38. The zero-order valence-electron chi connectivity index (χ0n) is 12.8. The van der Waals surface area contributed by atoms with E-state index in [1.807, 2.05) is 6.07 Å². The lowest BCUT2D eigenvalue weighted by Gasteiger charge is -2.18. The second kappa shape index (κ2) is 7.59. The van der Waals surface area contributed by atoms with Crippen LogP contribution >= 0.6 is 11.8 Å². The second-order valence-corrected chi connectivity index (χ2v) is 7.30. The molecule has 0 aliphatic carbocycles. The average molecular weight is 352 g/mol. The summed E-state index contributed by atoms with van der Waals surface area (Å²) in [5, 5.41) is 16.5. The lowest BCUT2D eigenvalue weighted by molar-refractivity contribution is 0.445. The highest BCUT2D eigenvalue weighted by Crippen LogP contribution is 2.26. The first-order valence-corrected chi connectivity index (χ1v) is 9.39. The number of hydrogen-bond acceptors (Lipinski definition) is 7. The molecule has 0 unspecified atom stereocenters. The largest absolute Gasteiger partial charge is 0.411 e. The van der Waals surface area contributed by atoms with Crippen LogP contribution < -0.4 is 0 Å². The Morgan fingerprint density at radius 3 is 2.70 bits per heavy atom. The molecule has 0 aliphatic heterocycles. The SMILES string of the molecule is CCN(CC)S(=O)(=O)c1cccc(-c2nnc(SCC#N)o2)c1. The molecule has 122 valence electrons. The third kappa shape index (κ3) is 3.90. The van der Waals surface area contributed by atoms with Gasteiger partial charge in [-0.15, -0.1) is 10.2 Å². The fourth-order valence-electron chi connectivity index (χ4n) is 1.98. The molecule has 1 aromatic heterocycles. The Hall–Kier alpha value is -1.89. The first-order chi connectivity index (χ1) is 11.0. The Bertz CT molecular complexity index is 807. The van der Waals surface area contributed by atoms with Crippen LogP contribution in [-0.4, -0.2) is 41.8 Å². The third-order valence-electron chi connectivity index (χ3n) is 3.09. The van der Waals surface area contributed by atoms with Crippen LogP contribution in [0.5, 0.6) is 0 Å². The molecule has 0 N–H and O–H groups in total. The maximum Gasteiger partial charge on any atom is 0.277 e. The first-order valence-electron chi connectivity index (χ1n) is 6.96. The van der Waals surface area contributed by atoms with Gasteiger partial charge in [-0.3, -0.25) is 0 Å². The van der Waals surface area contributed by atoms with E-state index >= 15 is 0 Å². The molecule has 1 heterocycles. The minimum atomic E-state index is -3.54. The third-order valence-corrected chi connectivity index (χ3v) is 5.82. The van der Waals surface area contributed by atoms with E-state index in [1.165, 1.54) is 10.4 Å². The van der Waals surface area contributed by atoms with E-state index in [0.717, 1.165) is 11.8 Å². The summed E-state index contributed by atoms with van der Waals surface area (Å²) < 4.78 is 31.9. The Labute approximate surface area is 139 Å².